The molecular formula is C21H26FNO. The molecule has 0 aromatic heterocycles. The van der Waals surface area contributed by atoms with E-state index in [4.69, 9.17) is 4.74 Å². The summed E-state index contributed by atoms with van der Waals surface area (Å²) in [4.78, 5) is 2.27. The lowest BCUT2D eigenvalue weighted by atomic mass is 9.89. The molecule has 2 aromatic rings. The zero-order chi connectivity index (χ0) is 17.3. The van der Waals surface area contributed by atoms with E-state index in [-0.39, 0.29) is 5.82 Å². The molecule has 0 N–H and O–H groups in total. The highest BCUT2D eigenvalue weighted by atomic mass is 19.1. The summed E-state index contributed by atoms with van der Waals surface area (Å²) in [6.07, 6.45) is 3.48. The normalized spacial score (nSPS) is 15.6. The molecule has 1 aliphatic rings. The Morgan fingerprint density at radius 3 is 2.46 bits per heavy atom. The van der Waals surface area contributed by atoms with E-state index >= 15 is 0 Å². The highest BCUT2D eigenvalue weighted by Crippen LogP contribution is 2.47. The SMILES string of the molecule is CCc1ccc(-c2cc(OC)ccc2F)c(C(C2CC2)N(C)C)c1. The summed E-state index contributed by atoms with van der Waals surface area (Å²) in [5.41, 5.74) is 4.13. The molecule has 0 saturated heterocycles. The molecule has 3 heteroatoms. The topological polar surface area (TPSA) is 12.5 Å². The van der Waals surface area contributed by atoms with E-state index in [1.54, 1.807) is 19.2 Å². The minimum absolute atomic E-state index is 0.199. The van der Waals surface area contributed by atoms with Crippen molar-refractivity contribution >= 4 is 0 Å². The lowest BCUT2D eigenvalue weighted by Gasteiger charge is -2.28. The molecular weight excluding hydrogens is 301 g/mol. The van der Waals surface area contributed by atoms with E-state index in [0.717, 1.165) is 12.0 Å². The molecule has 1 atom stereocenters. The molecule has 2 aromatic carbocycles. The smallest absolute Gasteiger partial charge is 0.131 e. The van der Waals surface area contributed by atoms with Gasteiger partial charge in [0.25, 0.3) is 0 Å². The van der Waals surface area contributed by atoms with Crippen molar-refractivity contribution in [1.82, 2.24) is 4.90 Å². The minimum atomic E-state index is -0.199. The molecule has 1 fully saturated rings. The number of rotatable bonds is 6. The molecule has 0 amide bonds. The fraction of sp³-hybridized carbons (Fsp3) is 0.429. The first-order valence-corrected chi connectivity index (χ1v) is 8.68. The molecule has 2 nitrogen and oxygen atoms in total. The number of nitrogens with zero attached hydrogens (tertiary/aromatic N) is 1. The highest BCUT2D eigenvalue weighted by molar-refractivity contribution is 5.70. The maximum atomic E-state index is 14.6. The van der Waals surface area contributed by atoms with Crippen LogP contribution in [-0.4, -0.2) is 26.1 Å². The third kappa shape index (κ3) is 3.32. The second-order valence-electron chi connectivity index (χ2n) is 6.87. The Hall–Kier alpha value is -1.87. The van der Waals surface area contributed by atoms with Crippen molar-refractivity contribution in [2.45, 2.75) is 32.2 Å². The van der Waals surface area contributed by atoms with Crippen LogP contribution in [0, 0.1) is 11.7 Å². The molecule has 0 spiro atoms. The molecule has 128 valence electrons. The maximum Gasteiger partial charge on any atom is 0.131 e. The summed E-state index contributed by atoms with van der Waals surface area (Å²) in [7, 11) is 5.85. The van der Waals surface area contributed by atoms with Crippen molar-refractivity contribution in [3.8, 4) is 16.9 Å². The molecule has 24 heavy (non-hydrogen) atoms. The third-order valence-corrected chi connectivity index (χ3v) is 4.93. The van der Waals surface area contributed by atoms with E-state index < -0.39 is 0 Å². The van der Waals surface area contributed by atoms with Crippen molar-refractivity contribution in [3.63, 3.8) is 0 Å². The van der Waals surface area contributed by atoms with Crippen molar-refractivity contribution < 1.29 is 9.13 Å². The Morgan fingerprint density at radius 1 is 1.12 bits per heavy atom. The van der Waals surface area contributed by atoms with Crippen LogP contribution in [0.4, 0.5) is 4.39 Å². The molecule has 3 rings (SSSR count). The molecule has 0 heterocycles. The largest absolute Gasteiger partial charge is 0.497 e. The van der Waals surface area contributed by atoms with Gasteiger partial charge in [-0.3, -0.25) is 0 Å². The van der Waals surface area contributed by atoms with E-state index in [0.29, 0.717) is 23.3 Å². The molecule has 0 bridgehead atoms. The first-order valence-electron chi connectivity index (χ1n) is 8.68. The minimum Gasteiger partial charge on any atom is -0.497 e. The zero-order valence-corrected chi connectivity index (χ0v) is 15.0. The number of hydrogen-bond donors (Lipinski definition) is 0. The summed E-state index contributed by atoms with van der Waals surface area (Å²) in [5.74, 6) is 1.15. The fourth-order valence-electron chi connectivity index (χ4n) is 3.53. The van der Waals surface area contributed by atoms with Crippen LogP contribution in [0.3, 0.4) is 0 Å². The Bertz CT molecular complexity index is 720. The van der Waals surface area contributed by atoms with Gasteiger partial charge in [-0.15, -0.1) is 0 Å². The Morgan fingerprint density at radius 2 is 1.88 bits per heavy atom. The Labute approximate surface area is 144 Å². The number of ether oxygens (including phenoxy) is 1. The van der Waals surface area contributed by atoms with Gasteiger partial charge >= 0.3 is 0 Å². The number of hydrogen-bond acceptors (Lipinski definition) is 2. The lowest BCUT2D eigenvalue weighted by Crippen LogP contribution is -2.22. The first-order chi connectivity index (χ1) is 11.5. The van der Waals surface area contributed by atoms with Crippen LogP contribution < -0.4 is 4.74 Å². The van der Waals surface area contributed by atoms with Gasteiger partial charge in [-0.2, -0.15) is 0 Å². The zero-order valence-electron chi connectivity index (χ0n) is 15.0. The number of benzene rings is 2. The van der Waals surface area contributed by atoms with Gasteiger partial charge in [0.2, 0.25) is 0 Å². The first kappa shape index (κ1) is 17.0. The molecule has 1 saturated carbocycles. The van der Waals surface area contributed by atoms with Gasteiger partial charge < -0.3 is 9.64 Å². The predicted molar refractivity (Wildman–Crippen MR) is 96.9 cm³/mol. The van der Waals surface area contributed by atoms with Crippen LogP contribution in [0.1, 0.15) is 36.9 Å². The highest BCUT2D eigenvalue weighted by Gasteiger charge is 2.35. The summed E-state index contributed by atoms with van der Waals surface area (Å²) in [6.45, 7) is 2.16. The van der Waals surface area contributed by atoms with E-state index in [9.17, 15) is 4.39 Å². The van der Waals surface area contributed by atoms with Gasteiger partial charge in [0.05, 0.1) is 7.11 Å². The average Bonchev–Trinajstić information content (AvgIpc) is 3.40. The number of aryl methyl sites for hydroxylation is 1. The summed E-state index contributed by atoms with van der Waals surface area (Å²) < 4.78 is 19.9. The van der Waals surface area contributed by atoms with Crippen LogP contribution in [0.5, 0.6) is 5.75 Å². The third-order valence-electron chi connectivity index (χ3n) is 4.93. The quantitative estimate of drug-likeness (QED) is 0.734. The van der Waals surface area contributed by atoms with Crippen LogP contribution in [-0.2, 0) is 6.42 Å². The summed E-state index contributed by atoms with van der Waals surface area (Å²) in [6, 6.07) is 11.7. The molecule has 1 unspecified atom stereocenters. The van der Waals surface area contributed by atoms with Crippen molar-refractivity contribution in [2.75, 3.05) is 21.2 Å². The Kier molecular flexibility index (Phi) is 4.91. The van der Waals surface area contributed by atoms with E-state index in [2.05, 4.69) is 44.1 Å². The lowest BCUT2D eigenvalue weighted by molar-refractivity contribution is 0.270. The van der Waals surface area contributed by atoms with Crippen LogP contribution in [0.25, 0.3) is 11.1 Å². The van der Waals surface area contributed by atoms with Gasteiger partial charge in [0.15, 0.2) is 0 Å². The second kappa shape index (κ2) is 6.94. The maximum absolute atomic E-state index is 14.6. The van der Waals surface area contributed by atoms with Gasteiger partial charge in [0, 0.05) is 11.6 Å². The van der Waals surface area contributed by atoms with Crippen molar-refractivity contribution in [3.05, 3.63) is 53.3 Å². The number of methoxy groups -OCH3 is 1. The molecule has 1 aliphatic carbocycles. The van der Waals surface area contributed by atoms with Crippen LogP contribution >= 0.6 is 0 Å². The van der Waals surface area contributed by atoms with E-state index in [1.165, 1.54) is 30.0 Å². The fourth-order valence-corrected chi connectivity index (χ4v) is 3.53. The van der Waals surface area contributed by atoms with Crippen molar-refractivity contribution in [1.29, 1.82) is 0 Å². The Balaban J connectivity index is 2.17. The number of halogens is 1. The monoisotopic (exact) mass is 327 g/mol. The standard InChI is InChI=1S/C21H26FNO/c1-5-14-6-10-17(18-13-16(24-4)9-11-20(18)22)19(12-14)21(23(2)3)15-7-8-15/h6,9-13,15,21H,5,7-8H2,1-4H3. The molecule has 0 aliphatic heterocycles. The molecule has 0 radical (unpaired) electrons. The second-order valence-corrected chi connectivity index (χ2v) is 6.87. The van der Waals surface area contributed by atoms with Gasteiger partial charge in [-0.25, -0.2) is 4.39 Å². The summed E-state index contributed by atoms with van der Waals surface area (Å²) in [5, 5.41) is 0. The summed E-state index contributed by atoms with van der Waals surface area (Å²) >= 11 is 0. The van der Waals surface area contributed by atoms with Gasteiger partial charge in [0.1, 0.15) is 11.6 Å². The van der Waals surface area contributed by atoms with E-state index in [1.807, 2.05) is 0 Å². The average molecular weight is 327 g/mol. The van der Waals surface area contributed by atoms with Crippen molar-refractivity contribution in [2.24, 2.45) is 5.92 Å². The van der Waals surface area contributed by atoms with Crippen LogP contribution in [0.2, 0.25) is 0 Å². The van der Waals surface area contributed by atoms with Crippen LogP contribution in [0.15, 0.2) is 36.4 Å². The van der Waals surface area contributed by atoms with Gasteiger partial charge in [-0.05, 0) is 74.2 Å². The predicted octanol–water partition coefficient (Wildman–Crippen LogP) is 5.08. The van der Waals surface area contributed by atoms with Gasteiger partial charge in [-0.1, -0.05) is 25.1 Å².